The molecule has 0 saturated carbocycles. The molecule has 26 heavy (non-hydrogen) atoms. The predicted molar refractivity (Wildman–Crippen MR) is 86.8 cm³/mol. The summed E-state index contributed by atoms with van der Waals surface area (Å²) in [5.74, 6) is 0. The van der Waals surface area contributed by atoms with Crippen LogP contribution in [0.15, 0.2) is 58.3 Å². The molecule has 0 aliphatic carbocycles. The predicted octanol–water partition coefficient (Wildman–Crippen LogP) is -4.48. The number of rotatable bonds is 6. The second kappa shape index (κ2) is 11.7. The van der Waals surface area contributed by atoms with Gasteiger partial charge in [-0.15, -0.1) is 0 Å². The fourth-order valence-corrected chi connectivity index (χ4v) is 2.76. The molecule has 0 atom stereocenters. The van der Waals surface area contributed by atoms with Gasteiger partial charge in [0.1, 0.15) is 0 Å². The molecule has 0 aromatic heterocycles. The average Bonchev–Trinajstić information content (AvgIpc) is 2.46. The Balaban J connectivity index is 0. The van der Waals surface area contributed by atoms with Crippen molar-refractivity contribution in [3.05, 3.63) is 59.7 Å². The summed E-state index contributed by atoms with van der Waals surface area (Å²) in [5.41, 5.74) is 1.43. The van der Waals surface area contributed by atoms with Gasteiger partial charge in [0.05, 0.1) is 23.0 Å². The van der Waals surface area contributed by atoms with Crippen molar-refractivity contribution in [3.8, 4) is 0 Å². The molecule has 0 spiro atoms. The normalized spacial score (nSPS) is 10.8. The quantitative estimate of drug-likeness (QED) is 0.279. The molecule has 2 rings (SSSR count). The zero-order valence-corrected chi connectivity index (χ0v) is 19.5. The summed E-state index contributed by atoms with van der Waals surface area (Å²) in [7, 11) is -8.42. The molecule has 0 aliphatic heterocycles. The van der Waals surface area contributed by atoms with Crippen molar-refractivity contribution in [3.63, 3.8) is 0 Å². The summed E-state index contributed by atoms with van der Waals surface area (Å²) in [6.45, 7) is 0.428. The van der Waals surface area contributed by atoms with Gasteiger partial charge in [0.15, 0.2) is 0 Å². The fourth-order valence-electron chi connectivity index (χ4n) is 1.80. The van der Waals surface area contributed by atoms with E-state index >= 15 is 0 Å². The van der Waals surface area contributed by atoms with E-state index < -0.39 is 20.2 Å². The number of benzene rings is 2. The Morgan fingerprint density at radius 2 is 0.923 bits per heavy atom. The molecule has 0 amide bonds. The van der Waals surface area contributed by atoms with Crippen molar-refractivity contribution >= 4 is 43.3 Å². The number of hydrogen-bond donors (Lipinski definition) is 2. The van der Waals surface area contributed by atoms with E-state index in [1.807, 2.05) is 0 Å². The van der Waals surface area contributed by atoms with Crippen LogP contribution in [-0.2, 0) is 38.2 Å². The van der Waals surface area contributed by atoms with Gasteiger partial charge in [-0.05, 0) is 35.4 Å². The Morgan fingerprint density at radius 1 is 0.654 bits per heavy atom. The Hall–Kier alpha value is -0.0538. The Labute approximate surface area is 189 Å². The molecule has 2 aromatic rings. The van der Waals surface area contributed by atoms with Gasteiger partial charge in [0, 0.05) is 0 Å². The molecule has 2 N–H and O–H groups in total. The maximum Gasteiger partial charge on any atom is 2.00 e. The average molecular weight is 543 g/mol. The summed E-state index contributed by atoms with van der Waals surface area (Å²) >= 11 is 0. The first-order chi connectivity index (χ1) is 10.7. The van der Waals surface area contributed by atoms with Gasteiger partial charge >= 0.3 is 23.1 Å². The van der Waals surface area contributed by atoms with Crippen LogP contribution in [0.3, 0.4) is 0 Å². The van der Waals surface area contributed by atoms with Crippen molar-refractivity contribution in [2.24, 2.45) is 0 Å². The molecule has 0 bridgehead atoms. The molecular formula is C14H14Br2MgO7S2. The minimum Gasteiger partial charge on any atom is -1.00 e. The van der Waals surface area contributed by atoms with Gasteiger partial charge in [-0.1, -0.05) is 24.3 Å². The Kier molecular flexibility index (Phi) is 12.7. The Morgan fingerprint density at radius 3 is 1.15 bits per heavy atom. The van der Waals surface area contributed by atoms with Crippen LogP contribution in [0.4, 0.5) is 0 Å². The van der Waals surface area contributed by atoms with E-state index in [4.69, 9.17) is 13.8 Å². The molecule has 2 aromatic carbocycles. The monoisotopic (exact) mass is 540 g/mol. The fraction of sp³-hybridized carbons (Fsp3) is 0.143. The van der Waals surface area contributed by atoms with E-state index in [1.54, 1.807) is 0 Å². The van der Waals surface area contributed by atoms with Crippen LogP contribution in [0, 0.1) is 0 Å². The summed E-state index contributed by atoms with van der Waals surface area (Å²) < 4.78 is 66.8. The topological polar surface area (TPSA) is 118 Å². The second-order valence-electron chi connectivity index (χ2n) is 4.73. The van der Waals surface area contributed by atoms with E-state index in [-0.39, 0.29) is 80.0 Å². The minimum atomic E-state index is -4.21. The van der Waals surface area contributed by atoms with Gasteiger partial charge in [0.2, 0.25) is 0 Å². The third-order valence-electron chi connectivity index (χ3n) is 2.98. The van der Waals surface area contributed by atoms with Crippen LogP contribution >= 0.6 is 0 Å². The molecule has 0 heterocycles. The van der Waals surface area contributed by atoms with E-state index in [1.165, 1.54) is 48.5 Å². The largest absolute Gasteiger partial charge is 2.00 e. The third kappa shape index (κ3) is 8.76. The number of halogens is 2. The van der Waals surface area contributed by atoms with Gasteiger partial charge in [0.25, 0.3) is 20.2 Å². The summed E-state index contributed by atoms with van der Waals surface area (Å²) in [4.78, 5) is -0.385. The molecule has 12 heteroatoms. The van der Waals surface area contributed by atoms with E-state index in [0.717, 1.165) is 0 Å². The maximum atomic E-state index is 10.9. The zero-order valence-electron chi connectivity index (χ0n) is 13.2. The van der Waals surface area contributed by atoms with Gasteiger partial charge in [-0.25, -0.2) is 0 Å². The van der Waals surface area contributed by atoms with Gasteiger partial charge in [-0.3, -0.25) is 9.11 Å². The Bertz CT molecular complexity index is 808. The van der Waals surface area contributed by atoms with Crippen molar-refractivity contribution in [2.45, 2.75) is 23.0 Å². The molecule has 0 saturated heterocycles. The van der Waals surface area contributed by atoms with Crippen LogP contribution in [0.5, 0.6) is 0 Å². The first-order valence-electron chi connectivity index (χ1n) is 6.37. The maximum absolute atomic E-state index is 10.9. The molecule has 0 aliphatic rings. The zero-order chi connectivity index (χ0) is 17.1. The molecule has 0 radical (unpaired) electrons. The van der Waals surface area contributed by atoms with Gasteiger partial charge in [-0.2, -0.15) is 16.8 Å². The van der Waals surface area contributed by atoms with Crippen molar-refractivity contribution in [2.75, 3.05) is 0 Å². The molecule has 0 fully saturated rings. The second-order valence-corrected chi connectivity index (χ2v) is 7.57. The first-order valence-corrected chi connectivity index (χ1v) is 9.25. The van der Waals surface area contributed by atoms with Crippen LogP contribution in [0.1, 0.15) is 11.1 Å². The molecule has 140 valence electrons. The first kappa shape index (κ1) is 28.2. The van der Waals surface area contributed by atoms with Crippen LogP contribution in [0.2, 0.25) is 0 Å². The van der Waals surface area contributed by atoms with E-state index in [2.05, 4.69) is 0 Å². The SMILES string of the molecule is O=S(=O)(O)c1ccc(COCc2ccc(S(=O)(=O)O)cc2)cc1.[Br-].[Br-].[Mg+2]. The minimum absolute atomic E-state index is 0. The molecule has 0 unspecified atom stereocenters. The van der Waals surface area contributed by atoms with Crippen LogP contribution < -0.4 is 34.0 Å². The van der Waals surface area contributed by atoms with Crippen molar-refractivity contribution in [1.82, 2.24) is 0 Å². The number of hydrogen-bond acceptors (Lipinski definition) is 5. The molecule has 7 nitrogen and oxygen atoms in total. The van der Waals surface area contributed by atoms with Crippen molar-refractivity contribution < 1.29 is 64.6 Å². The van der Waals surface area contributed by atoms with E-state index in [9.17, 15) is 16.8 Å². The summed E-state index contributed by atoms with van der Waals surface area (Å²) in [6.07, 6.45) is 0. The number of ether oxygens (including phenoxy) is 1. The van der Waals surface area contributed by atoms with Gasteiger partial charge < -0.3 is 38.7 Å². The summed E-state index contributed by atoms with van der Waals surface area (Å²) in [6, 6.07) is 11.2. The van der Waals surface area contributed by atoms with Crippen molar-refractivity contribution in [1.29, 1.82) is 0 Å². The summed E-state index contributed by atoms with van der Waals surface area (Å²) in [5, 5.41) is 0. The smallest absolute Gasteiger partial charge is 1.00 e. The third-order valence-corrected chi connectivity index (χ3v) is 4.72. The van der Waals surface area contributed by atoms with Crippen LogP contribution in [0.25, 0.3) is 0 Å². The van der Waals surface area contributed by atoms with E-state index in [0.29, 0.717) is 11.1 Å². The standard InChI is InChI=1S/C14H14O7S2.2BrH.Mg/c15-22(16,17)13-5-1-11(2-6-13)9-21-10-12-3-7-14(8-4-12)23(18,19)20;;;/h1-8H,9-10H2,(H,15,16,17)(H,18,19,20);2*1H;/q;;;+2/p-2. The molecular weight excluding hydrogens is 528 g/mol. The van der Waals surface area contributed by atoms with Crippen LogP contribution in [-0.4, -0.2) is 49.0 Å².